The van der Waals surface area contributed by atoms with Crippen LogP contribution in [0.2, 0.25) is 0 Å². The molecular formula is C12H21NO5S. The van der Waals surface area contributed by atoms with Gasteiger partial charge in [-0.25, -0.2) is 13.1 Å². The Hall–Kier alpha value is -0.660. The van der Waals surface area contributed by atoms with Crippen molar-refractivity contribution in [2.45, 2.75) is 38.1 Å². The second-order valence-corrected chi connectivity index (χ2v) is 7.29. The van der Waals surface area contributed by atoms with Crippen LogP contribution in [0.5, 0.6) is 0 Å². The standard InChI is InChI=1S/C12H21NO5S/c14-12(15)10-6-18-7-11(10)13-19(16,17)8-9-4-2-1-3-5-9/h9-11,13H,1-8H2,(H,14,15). The van der Waals surface area contributed by atoms with E-state index in [4.69, 9.17) is 9.84 Å². The smallest absolute Gasteiger partial charge is 0.310 e. The van der Waals surface area contributed by atoms with E-state index >= 15 is 0 Å². The highest BCUT2D eigenvalue weighted by Gasteiger charge is 2.37. The molecule has 0 bridgehead atoms. The van der Waals surface area contributed by atoms with Gasteiger partial charge in [0, 0.05) is 0 Å². The van der Waals surface area contributed by atoms with Gasteiger partial charge in [-0.1, -0.05) is 19.3 Å². The van der Waals surface area contributed by atoms with Crippen LogP contribution >= 0.6 is 0 Å². The highest BCUT2D eigenvalue weighted by Crippen LogP contribution is 2.25. The Balaban J connectivity index is 1.91. The SMILES string of the molecule is O=C(O)C1COCC1NS(=O)(=O)CC1CCCCC1. The van der Waals surface area contributed by atoms with E-state index in [2.05, 4.69) is 4.72 Å². The molecule has 0 aromatic rings. The number of nitrogens with one attached hydrogen (secondary N) is 1. The summed E-state index contributed by atoms with van der Waals surface area (Å²) in [7, 11) is -3.42. The zero-order valence-corrected chi connectivity index (χ0v) is 11.7. The van der Waals surface area contributed by atoms with E-state index in [1.807, 2.05) is 0 Å². The van der Waals surface area contributed by atoms with Gasteiger partial charge < -0.3 is 9.84 Å². The van der Waals surface area contributed by atoms with Crippen LogP contribution in [0.3, 0.4) is 0 Å². The van der Waals surface area contributed by atoms with Crippen LogP contribution in [0.15, 0.2) is 0 Å². The second-order valence-electron chi connectivity index (χ2n) is 5.49. The van der Waals surface area contributed by atoms with Crippen LogP contribution in [0.1, 0.15) is 32.1 Å². The molecule has 1 aliphatic carbocycles. The zero-order chi connectivity index (χ0) is 13.9. The number of rotatable bonds is 5. The Bertz CT molecular complexity index is 416. The molecule has 2 rings (SSSR count). The minimum Gasteiger partial charge on any atom is -0.481 e. The van der Waals surface area contributed by atoms with Gasteiger partial charge in [0.25, 0.3) is 0 Å². The number of hydrogen-bond donors (Lipinski definition) is 2. The van der Waals surface area contributed by atoms with Crippen LogP contribution in [-0.4, -0.2) is 44.5 Å². The molecule has 2 unspecified atom stereocenters. The van der Waals surface area contributed by atoms with E-state index in [0.29, 0.717) is 0 Å². The average molecular weight is 291 g/mol. The lowest BCUT2D eigenvalue weighted by molar-refractivity contribution is -0.142. The fourth-order valence-electron chi connectivity index (χ4n) is 2.86. The van der Waals surface area contributed by atoms with Crippen molar-refractivity contribution in [2.75, 3.05) is 19.0 Å². The van der Waals surface area contributed by atoms with Crippen LogP contribution in [0, 0.1) is 11.8 Å². The first kappa shape index (κ1) is 14.7. The number of sulfonamides is 1. The molecule has 1 heterocycles. The van der Waals surface area contributed by atoms with Gasteiger partial charge in [-0.15, -0.1) is 0 Å². The van der Waals surface area contributed by atoms with Gasteiger partial charge in [0.2, 0.25) is 10.0 Å². The lowest BCUT2D eigenvalue weighted by Crippen LogP contribution is -2.44. The van der Waals surface area contributed by atoms with Gasteiger partial charge in [0.05, 0.1) is 30.9 Å². The van der Waals surface area contributed by atoms with E-state index in [-0.39, 0.29) is 24.9 Å². The van der Waals surface area contributed by atoms with Crippen molar-refractivity contribution in [3.8, 4) is 0 Å². The van der Waals surface area contributed by atoms with Gasteiger partial charge >= 0.3 is 5.97 Å². The van der Waals surface area contributed by atoms with Gasteiger partial charge in [-0.3, -0.25) is 4.79 Å². The van der Waals surface area contributed by atoms with E-state index in [9.17, 15) is 13.2 Å². The van der Waals surface area contributed by atoms with Crippen LogP contribution in [0.25, 0.3) is 0 Å². The molecule has 1 saturated heterocycles. The molecule has 0 spiro atoms. The number of carboxylic acid groups (broad SMARTS) is 1. The molecule has 0 radical (unpaired) electrons. The first-order valence-corrected chi connectivity index (χ1v) is 8.44. The van der Waals surface area contributed by atoms with Crippen molar-refractivity contribution in [1.29, 1.82) is 0 Å². The van der Waals surface area contributed by atoms with Crippen molar-refractivity contribution in [1.82, 2.24) is 4.72 Å². The lowest BCUT2D eigenvalue weighted by atomic mass is 9.91. The van der Waals surface area contributed by atoms with E-state index in [1.54, 1.807) is 0 Å². The molecule has 2 fully saturated rings. The van der Waals surface area contributed by atoms with Crippen molar-refractivity contribution in [3.63, 3.8) is 0 Å². The molecule has 0 aromatic heterocycles. The zero-order valence-electron chi connectivity index (χ0n) is 10.9. The maximum atomic E-state index is 12.1. The highest BCUT2D eigenvalue weighted by molar-refractivity contribution is 7.89. The Labute approximate surface area is 113 Å². The summed E-state index contributed by atoms with van der Waals surface area (Å²) in [6, 6.07) is -0.633. The maximum Gasteiger partial charge on any atom is 0.310 e. The summed E-state index contributed by atoms with van der Waals surface area (Å²) in [4.78, 5) is 11.0. The molecule has 2 N–H and O–H groups in total. The van der Waals surface area contributed by atoms with Gasteiger partial charge in [-0.05, 0) is 18.8 Å². The normalized spacial score (nSPS) is 29.5. The Morgan fingerprint density at radius 3 is 2.53 bits per heavy atom. The van der Waals surface area contributed by atoms with Gasteiger partial charge in [-0.2, -0.15) is 0 Å². The van der Waals surface area contributed by atoms with Gasteiger partial charge in [0.1, 0.15) is 0 Å². The van der Waals surface area contributed by atoms with E-state index in [0.717, 1.165) is 25.7 Å². The third kappa shape index (κ3) is 4.15. The quantitative estimate of drug-likeness (QED) is 0.773. The largest absolute Gasteiger partial charge is 0.481 e. The maximum absolute atomic E-state index is 12.1. The number of carboxylic acids is 1. The van der Waals surface area contributed by atoms with Crippen LogP contribution < -0.4 is 4.72 Å². The van der Waals surface area contributed by atoms with Crippen molar-refractivity contribution in [2.24, 2.45) is 11.8 Å². The monoisotopic (exact) mass is 291 g/mol. The lowest BCUT2D eigenvalue weighted by Gasteiger charge is -2.23. The van der Waals surface area contributed by atoms with E-state index in [1.165, 1.54) is 6.42 Å². The first-order chi connectivity index (χ1) is 8.98. The summed E-state index contributed by atoms with van der Waals surface area (Å²) in [5.41, 5.74) is 0. The Morgan fingerprint density at radius 2 is 1.89 bits per heavy atom. The molecule has 2 aliphatic rings. The van der Waals surface area contributed by atoms with Crippen molar-refractivity contribution in [3.05, 3.63) is 0 Å². The van der Waals surface area contributed by atoms with E-state index < -0.39 is 28.0 Å². The van der Waals surface area contributed by atoms with Crippen molar-refractivity contribution >= 4 is 16.0 Å². The number of carbonyl (C=O) groups is 1. The molecule has 1 aliphatic heterocycles. The summed E-state index contributed by atoms with van der Waals surface area (Å²) in [5.74, 6) is -1.48. The predicted molar refractivity (Wildman–Crippen MR) is 69.2 cm³/mol. The predicted octanol–water partition coefficient (Wildman–Crippen LogP) is 0.586. The number of hydrogen-bond acceptors (Lipinski definition) is 4. The second kappa shape index (κ2) is 6.19. The van der Waals surface area contributed by atoms with Crippen molar-refractivity contribution < 1.29 is 23.1 Å². The summed E-state index contributed by atoms with van der Waals surface area (Å²) >= 11 is 0. The molecule has 1 saturated carbocycles. The summed E-state index contributed by atoms with van der Waals surface area (Å²) < 4.78 is 31.7. The topological polar surface area (TPSA) is 92.7 Å². The number of ether oxygens (including phenoxy) is 1. The highest BCUT2D eigenvalue weighted by atomic mass is 32.2. The molecule has 6 nitrogen and oxygen atoms in total. The molecule has 19 heavy (non-hydrogen) atoms. The Morgan fingerprint density at radius 1 is 1.21 bits per heavy atom. The summed E-state index contributed by atoms with van der Waals surface area (Å²) in [6.45, 7) is 0.215. The number of aliphatic carboxylic acids is 1. The van der Waals surface area contributed by atoms with Gasteiger partial charge in [0.15, 0.2) is 0 Å². The fourth-order valence-corrected chi connectivity index (χ4v) is 4.60. The molecule has 7 heteroatoms. The summed E-state index contributed by atoms with van der Waals surface area (Å²) in [5, 5.41) is 8.99. The molecule has 0 aromatic carbocycles. The minimum absolute atomic E-state index is 0.0753. The minimum atomic E-state index is -3.42. The summed E-state index contributed by atoms with van der Waals surface area (Å²) in [6.07, 6.45) is 5.26. The molecule has 2 atom stereocenters. The first-order valence-electron chi connectivity index (χ1n) is 6.78. The molecule has 110 valence electrons. The van der Waals surface area contributed by atoms with Crippen LogP contribution in [0.4, 0.5) is 0 Å². The average Bonchev–Trinajstić information content (AvgIpc) is 2.77. The Kier molecular flexibility index (Phi) is 4.81. The fraction of sp³-hybridized carbons (Fsp3) is 0.917. The molecular weight excluding hydrogens is 270 g/mol. The third-order valence-electron chi connectivity index (χ3n) is 3.91. The molecule has 0 amide bonds. The van der Waals surface area contributed by atoms with Crippen LogP contribution in [-0.2, 0) is 19.6 Å². The third-order valence-corrected chi connectivity index (χ3v) is 5.48.